The topological polar surface area (TPSA) is 75.7 Å². The zero-order valence-corrected chi connectivity index (χ0v) is 19.5. The van der Waals surface area contributed by atoms with Crippen LogP contribution < -0.4 is 14.4 Å². The number of hydrogen-bond acceptors (Lipinski definition) is 5. The third-order valence-corrected chi connectivity index (χ3v) is 6.54. The van der Waals surface area contributed by atoms with Crippen LogP contribution in [0.25, 0.3) is 0 Å². The lowest BCUT2D eigenvalue weighted by molar-refractivity contribution is -0.119. The van der Waals surface area contributed by atoms with Gasteiger partial charge in [-0.15, -0.1) is 0 Å². The molecule has 0 atom stereocenters. The number of halogens is 1. The molecule has 30 heavy (non-hydrogen) atoms. The second kappa shape index (κ2) is 12.1. The van der Waals surface area contributed by atoms with Crippen molar-refractivity contribution < 1.29 is 17.9 Å². The zero-order chi connectivity index (χ0) is 22.0. The molecule has 0 aliphatic carbocycles. The molecule has 6 nitrogen and oxygen atoms in total. The van der Waals surface area contributed by atoms with Gasteiger partial charge in [0.15, 0.2) is 0 Å². The molecule has 164 valence electrons. The molecule has 0 radical (unpaired) electrons. The second-order valence-corrected chi connectivity index (χ2v) is 10.0. The Kier molecular flexibility index (Phi) is 9.81. The molecule has 2 aromatic carbocycles. The van der Waals surface area contributed by atoms with E-state index >= 15 is 0 Å². The fourth-order valence-corrected chi connectivity index (χ4v) is 4.67. The van der Waals surface area contributed by atoms with Crippen LogP contribution in [-0.4, -0.2) is 46.0 Å². The Labute approximate surface area is 188 Å². The van der Waals surface area contributed by atoms with Gasteiger partial charge in [0.25, 0.3) is 0 Å². The highest BCUT2D eigenvalue weighted by Crippen LogP contribution is 2.23. The number of nitrogens with zero attached hydrogens (tertiary/aromatic N) is 1. The fraction of sp³-hybridized carbons (Fsp3) is 0.381. The van der Waals surface area contributed by atoms with Gasteiger partial charge in [-0.1, -0.05) is 29.8 Å². The summed E-state index contributed by atoms with van der Waals surface area (Å²) in [6, 6.07) is 14.4. The zero-order valence-electron chi connectivity index (χ0n) is 17.1. The smallest absolute Gasteiger partial charge is 0.240 e. The molecular formula is C21H27ClN2O4S2. The van der Waals surface area contributed by atoms with E-state index in [-0.39, 0.29) is 12.5 Å². The number of benzene rings is 2. The molecule has 0 aliphatic rings. The molecule has 0 saturated carbocycles. The highest BCUT2D eigenvalue weighted by atomic mass is 35.5. The van der Waals surface area contributed by atoms with Gasteiger partial charge in [-0.3, -0.25) is 9.10 Å². The number of ether oxygens (including phenoxy) is 1. The third kappa shape index (κ3) is 8.45. The van der Waals surface area contributed by atoms with Crippen molar-refractivity contribution in [2.45, 2.75) is 19.1 Å². The van der Waals surface area contributed by atoms with Crippen LogP contribution in [0.5, 0.6) is 5.75 Å². The van der Waals surface area contributed by atoms with E-state index in [1.54, 1.807) is 36.0 Å². The summed E-state index contributed by atoms with van der Waals surface area (Å²) >= 11 is 7.73. The molecule has 0 saturated heterocycles. The first kappa shape index (κ1) is 24.4. The predicted molar refractivity (Wildman–Crippen MR) is 125 cm³/mol. The maximum atomic E-state index is 12.3. The molecule has 0 bridgehead atoms. The molecule has 0 aromatic heterocycles. The molecule has 0 heterocycles. The number of thioether (sulfide) groups is 1. The lowest BCUT2D eigenvalue weighted by atomic mass is 10.2. The lowest BCUT2D eigenvalue weighted by Gasteiger charge is -2.22. The van der Waals surface area contributed by atoms with Crippen molar-refractivity contribution in [2.75, 3.05) is 36.0 Å². The average Bonchev–Trinajstić information content (AvgIpc) is 2.68. The van der Waals surface area contributed by atoms with E-state index in [0.29, 0.717) is 24.6 Å². The van der Waals surface area contributed by atoms with Crippen molar-refractivity contribution in [3.63, 3.8) is 0 Å². The number of rotatable bonds is 12. The minimum Gasteiger partial charge on any atom is -0.494 e. The van der Waals surface area contributed by atoms with Crippen molar-refractivity contribution in [3.8, 4) is 5.75 Å². The van der Waals surface area contributed by atoms with Crippen LogP contribution in [-0.2, 0) is 20.6 Å². The predicted octanol–water partition coefficient (Wildman–Crippen LogP) is 3.94. The van der Waals surface area contributed by atoms with E-state index in [2.05, 4.69) is 5.32 Å². The Bertz CT molecular complexity index is 938. The third-order valence-electron chi connectivity index (χ3n) is 4.05. The Morgan fingerprint density at radius 2 is 1.97 bits per heavy atom. The molecule has 2 aromatic rings. The van der Waals surface area contributed by atoms with E-state index in [9.17, 15) is 13.2 Å². The minimum atomic E-state index is -3.62. The lowest BCUT2D eigenvalue weighted by Crippen LogP contribution is -2.40. The standard InChI is InChI=1S/C21H27ClN2O4S2/c1-3-28-20-10-5-9-19(14-20)24(30(2,26)27)15-21(25)23-11-6-12-29-16-17-7-4-8-18(22)13-17/h4-5,7-10,13-14H,3,6,11-12,15-16H2,1-2H3,(H,23,25). The summed E-state index contributed by atoms with van der Waals surface area (Å²) in [5.41, 5.74) is 1.56. The first-order chi connectivity index (χ1) is 14.3. The number of nitrogens with one attached hydrogen (secondary N) is 1. The molecule has 0 fully saturated rings. The fourth-order valence-electron chi connectivity index (χ4n) is 2.70. The highest BCUT2D eigenvalue weighted by Gasteiger charge is 2.21. The monoisotopic (exact) mass is 470 g/mol. The van der Waals surface area contributed by atoms with Crippen LogP contribution in [0.15, 0.2) is 48.5 Å². The molecule has 9 heteroatoms. The quantitative estimate of drug-likeness (QED) is 0.475. The SMILES string of the molecule is CCOc1cccc(N(CC(=O)NCCCSCc2cccc(Cl)c2)S(C)(=O)=O)c1. The van der Waals surface area contributed by atoms with E-state index in [1.165, 1.54) is 0 Å². The van der Waals surface area contributed by atoms with Crippen LogP contribution in [0.1, 0.15) is 18.9 Å². The maximum Gasteiger partial charge on any atom is 0.240 e. The first-order valence-corrected chi connectivity index (χ1v) is 13.0. The van der Waals surface area contributed by atoms with Gasteiger partial charge in [0.2, 0.25) is 15.9 Å². The average molecular weight is 471 g/mol. The molecule has 0 spiro atoms. The van der Waals surface area contributed by atoms with Gasteiger partial charge in [0.05, 0.1) is 18.6 Å². The van der Waals surface area contributed by atoms with Crippen molar-refractivity contribution in [3.05, 3.63) is 59.1 Å². The van der Waals surface area contributed by atoms with Crippen LogP contribution in [0.3, 0.4) is 0 Å². The summed E-state index contributed by atoms with van der Waals surface area (Å²) in [6.45, 7) is 2.53. The van der Waals surface area contributed by atoms with E-state index in [0.717, 1.165) is 39.1 Å². The Morgan fingerprint density at radius 1 is 1.20 bits per heavy atom. The molecular weight excluding hydrogens is 444 g/mol. The van der Waals surface area contributed by atoms with Crippen molar-refractivity contribution in [2.24, 2.45) is 0 Å². The van der Waals surface area contributed by atoms with Gasteiger partial charge in [0, 0.05) is 23.4 Å². The number of anilines is 1. The maximum absolute atomic E-state index is 12.3. The number of hydrogen-bond donors (Lipinski definition) is 1. The number of sulfonamides is 1. The van der Waals surface area contributed by atoms with Crippen molar-refractivity contribution in [1.82, 2.24) is 5.32 Å². The summed E-state index contributed by atoms with van der Waals surface area (Å²) in [7, 11) is -3.62. The molecule has 0 unspecified atom stereocenters. The van der Waals surface area contributed by atoms with Gasteiger partial charge in [-0.25, -0.2) is 8.42 Å². The summed E-state index contributed by atoms with van der Waals surface area (Å²) in [6.07, 6.45) is 1.87. The van der Waals surface area contributed by atoms with Crippen molar-refractivity contribution >= 4 is 45.0 Å². The van der Waals surface area contributed by atoms with Gasteiger partial charge in [-0.05, 0) is 48.9 Å². The summed E-state index contributed by atoms with van der Waals surface area (Å²) < 4.78 is 30.9. The molecule has 1 N–H and O–H groups in total. The van der Waals surface area contributed by atoms with Crippen molar-refractivity contribution in [1.29, 1.82) is 0 Å². The Morgan fingerprint density at radius 3 is 2.67 bits per heavy atom. The number of carbonyl (C=O) groups is 1. The van der Waals surface area contributed by atoms with Gasteiger partial charge in [-0.2, -0.15) is 11.8 Å². The normalized spacial score (nSPS) is 11.2. The second-order valence-electron chi connectivity index (χ2n) is 6.59. The van der Waals surface area contributed by atoms with Crippen LogP contribution in [0.2, 0.25) is 5.02 Å². The van der Waals surface area contributed by atoms with Crippen LogP contribution in [0, 0.1) is 0 Å². The summed E-state index contributed by atoms with van der Waals surface area (Å²) in [5.74, 6) is 1.94. The highest BCUT2D eigenvalue weighted by molar-refractivity contribution is 7.98. The number of carbonyl (C=O) groups excluding carboxylic acids is 1. The molecule has 2 rings (SSSR count). The van der Waals surface area contributed by atoms with Crippen LogP contribution in [0.4, 0.5) is 5.69 Å². The molecule has 1 amide bonds. The van der Waals surface area contributed by atoms with Crippen LogP contribution >= 0.6 is 23.4 Å². The number of amides is 1. The van der Waals surface area contributed by atoms with Gasteiger partial charge >= 0.3 is 0 Å². The summed E-state index contributed by atoms with van der Waals surface area (Å²) in [5, 5.41) is 3.52. The van der Waals surface area contributed by atoms with Gasteiger partial charge < -0.3 is 10.1 Å². The van der Waals surface area contributed by atoms with E-state index in [4.69, 9.17) is 16.3 Å². The molecule has 0 aliphatic heterocycles. The van der Waals surface area contributed by atoms with E-state index < -0.39 is 10.0 Å². The Balaban J connectivity index is 1.80. The first-order valence-electron chi connectivity index (χ1n) is 9.59. The minimum absolute atomic E-state index is 0.274. The van der Waals surface area contributed by atoms with Gasteiger partial charge in [0.1, 0.15) is 12.3 Å². The Hall–Kier alpha value is -1.90. The largest absolute Gasteiger partial charge is 0.494 e. The van der Waals surface area contributed by atoms with E-state index in [1.807, 2.05) is 31.2 Å². The summed E-state index contributed by atoms with van der Waals surface area (Å²) in [4.78, 5) is 12.3.